The van der Waals surface area contributed by atoms with Crippen LogP contribution in [0.2, 0.25) is 0 Å². The van der Waals surface area contributed by atoms with Crippen molar-refractivity contribution >= 4 is 0 Å². The molecule has 1 N–H and O–H groups in total. The van der Waals surface area contributed by atoms with Crippen molar-refractivity contribution in [3.63, 3.8) is 0 Å². The van der Waals surface area contributed by atoms with Crippen molar-refractivity contribution in [1.29, 1.82) is 0 Å². The van der Waals surface area contributed by atoms with E-state index in [9.17, 15) is 5.11 Å². The summed E-state index contributed by atoms with van der Waals surface area (Å²) in [7, 11) is 0. The Morgan fingerprint density at radius 3 is 2.22 bits per heavy atom. The third-order valence-electron chi connectivity index (χ3n) is 13.3. The SMILES string of the molecule is C=C[C@H](CCCC(C)C)[C@H]1CC[C@@]2(C)[C@@H]3CC[C@H]4C(C)(C)[C@@H](O)CC[C@@]45C[C@@]35CC[C@]12C. The summed E-state index contributed by atoms with van der Waals surface area (Å²) in [6, 6.07) is 0. The van der Waals surface area contributed by atoms with Gasteiger partial charge in [0.15, 0.2) is 0 Å². The third-order valence-corrected chi connectivity index (χ3v) is 13.3. The highest BCUT2D eigenvalue weighted by Gasteiger charge is 2.82. The fourth-order valence-electron chi connectivity index (χ4n) is 11.3. The van der Waals surface area contributed by atoms with E-state index in [0.717, 1.165) is 30.1 Å². The molecule has 0 radical (unpaired) electrons. The molecule has 5 saturated carbocycles. The number of aliphatic hydroxyl groups excluding tert-OH is 1. The first-order chi connectivity index (χ1) is 15.0. The summed E-state index contributed by atoms with van der Waals surface area (Å²) in [6.45, 7) is 19.3. The highest BCUT2D eigenvalue weighted by atomic mass is 16.3. The summed E-state index contributed by atoms with van der Waals surface area (Å²) in [6.07, 6.45) is 18.8. The zero-order valence-electron chi connectivity index (χ0n) is 22.2. The van der Waals surface area contributed by atoms with Gasteiger partial charge in [-0.2, -0.15) is 0 Å². The molecule has 0 aliphatic heterocycles. The maximum atomic E-state index is 10.9. The normalized spacial score (nSPS) is 51.9. The van der Waals surface area contributed by atoms with E-state index >= 15 is 0 Å². The van der Waals surface area contributed by atoms with E-state index in [1.165, 1.54) is 70.6 Å². The minimum absolute atomic E-state index is 0.0909. The Labute approximate surface area is 199 Å². The lowest BCUT2D eigenvalue weighted by atomic mass is 9.41. The van der Waals surface area contributed by atoms with Crippen LogP contribution in [0.5, 0.6) is 0 Å². The molecule has 0 aromatic rings. The van der Waals surface area contributed by atoms with Gasteiger partial charge in [0, 0.05) is 0 Å². The van der Waals surface area contributed by atoms with E-state index in [0.29, 0.717) is 27.6 Å². The van der Waals surface area contributed by atoms with Crippen LogP contribution in [0.15, 0.2) is 12.7 Å². The Balaban J connectivity index is 1.41. The third kappa shape index (κ3) is 2.79. The molecule has 0 aromatic heterocycles. The Kier molecular flexibility index (Phi) is 5.38. The fourth-order valence-corrected chi connectivity index (χ4v) is 11.3. The zero-order chi connectivity index (χ0) is 23.2. The Hall–Kier alpha value is -0.300. The molecule has 0 aromatic carbocycles. The molecule has 182 valence electrons. The largest absolute Gasteiger partial charge is 0.393 e. The van der Waals surface area contributed by atoms with Gasteiger partial charge in [0.25, 0.3) is 0 Å². The maximum absolute atomic E-state index is 10.9. The number of fused-ring (bicyclic) bond motifs is 2. The standard InChI is InChI=1S/C31H52O/c1-8-22(11-9-10-21(2)3)23-14-16-29(7)25-13-12-24-27(4,5)26(32)15-17-30(24)20-31(25,30)19-18-28(23,29)6/h8,21-26,32H,1,9-20H2,2-7H3/t22-,23-,24+,25+,26+,28-,29+,30-,31+/m1/s1. The van der Waals surface area contributed by atoms with Crippen LogP contribution in [0.1, 0.15) is 119 Å². The van der Waals surface area contributed by atoms with E-state index in [4.69, 9.17) is 0 Å². The van der Waals surface area contributed by atoms with Crippen LogP contribution < -0.4 is 0 Å². The molecule has 0 bridgehead atoms. The smallest absolute Gasteiger partial charge is 0.0594 e. The molecule has 0 unspecified atom stereocenters. The van der Waals surface area contributed by atoms with Gasteiger partial charge in [0.2, 0.25) is 0 Å². The first kappa shape index (κ1) is 23.4. The minimum atomic E-state index is -0.0909. The van der Waals surface area contributed by atoms with Gasteiger partial charge in [-0.25, -0.2) is 0 Å². The van der Waals surface area contributed by atoms with Crippen LogP contribution in [0.25, 0.3) is 0 Å². The van der Waals surface area contributed by atoms with Gasteiger partial charge in [0.05, 0.1) is 6.10 Å². The summed E-state index contributed by atoms with van der Waals surface area (Å²) >= 11 is 0. The molecule has 5 rings (SSSR count). The molecule has 1 nitrogen and oxygen atoms in total. The van der Waals surface area contributed by atoms with Crippen molar-refractivity contribution < 1.29 is 5.11 Å². The molecule has 32 heavy (non-hydrogen) atoms. The highest BCUT2D eigenvalue weighted by molar-refractivity contribution is 5.30. The number of aliphatic hydroxyl groups is 1. The monoisotopic (exact) mass is 440 g/mol. The molecule has 1 heteroatoms. The van der Waals surface area contributed by atoms with Gasteiger partial charge < -0.3 is 5.11 Å². The van der Waals surface area contributed by atoms with Crippen molar-refractivity contribution in [3.8, 4) is 0 Å². The molecule has 9 atom stereocenters. The summed E-state index contributed by atoms with van der Waals surface area (Å²) in [5.74, 6) is 4.03. The molecule has 0 saturated heterocycles. The van der Waals surface area contributed by atoms with E-state index in [2.05, 4.69) is 54.2 Å². The molecule has 5 aliphatic rings. The molecular formula is C31H52O. The summed E-state index contributed by atoms with van der Waals surface area (Å²) in [5, 5.41) is 10.9. The van der Waals surface area contributed by atoms with E-state index < -0.39 is 0 Å². The van der Waals surface area contributed by atoms with Crippen LogP contribution in [0, 0.1) is 56.7 Å². The average Bonchev–Trinajstić information content (AvgIpc) is 3.32. The molecule has 0 heterocycles. The van der Waals surface area contributed by atoms with Gasteiger partial charge in [-0.15, -0.1) is 6.58 Å². The second kappa shape index (κ2) is 7.35. The lowest BCUT2D eigenvalue weighted by Crippen LogP contribution is -2.57. The predicted octanol–water partition coefficient (Wildman–Crippen LogP) is 8.41. The van der Waals surface area contributed by atoms with Crippen molar-refractivity contribution in [2.75, 3.05) is 0 Å². The first-order valence-electron chi connectivity index (χ1n) is 14.3. The van der Waals surface area contributed by atoms with Crippen molar-refractivity contribution in [1.82, 2.24) is 0 Å². The van der Waals surface area contributed by atoms with Gasteiger partial charge in [0.1, 0.15) is 0 Å². The molecule has 5 fully saturated rings. The Bertz CT molecular complexity index is 752. The first-order valence-corrected chi connectivity index (χ1v) is 14.3. The summed E-state index contributed by atoms with van der Waals surface area (Å²) in [5.41, 5.74) is 2.27. The summed E-state index contributed by atoms with van der Waals surface area (Å²) in [4.78, 5) is 0. The van der Waals surface area contributed by atoms with Crippen molar-refractivity contribution in [3.05, 3.63) is 12.7 Å². The quantitative estimate of drug-likeness (QED) is 0.411. The lowest BCUT2D eigenvalue weighted by Gasteiger charge is -2.63. The van der Waals surface area contributed by atoms with Crippen LogP contribution in [-0.4, -0.2) is 11.2 Å². The number of hydrogen-bond acceptors (Lipinski definition) is 1. The number of rotatable bonds is 6. The molecule has 0 amide bonds. The van der Waals surface area contributed by atoms with E-state index in [1.54, 1.807) is 0 Å². The van der Waals surface area contributed by atoms with Crippen LogP contribution in [0.3, 0.4) is 0 Å². The molecular weight excluding hydrogens is 388 g/mol. The summed E-state index contributed by atoms with van der Waals surface area (Å²) < 4.78 is 0. The van der Waals surface area contributed by atoms with E-state index in [-0.39, 0.29) is 11.5 Å². The van der Waals surface area contributed by atoms with Crippen molar-refractivity contribution in [2.45, 2.75) is 125 Å². The van der Waals surface area contributed by atoms with Gasteiger partial charge >= 0.3 is 0 Å². The molecule has 2 spiro atoms. The fraction of sp³-hybridized carbons (Fsp3) is 0.935. The Morgan fingerprint density at radius 1 is 0.844 bits per heavy atom. The van der Waals surface area contributed by atoms with Crippen LogP contribution in [-0.2, 0) is 0 Å². The maximum Gasteiger partial charge on any atom is 0.0594 e. The lowest BCUT2D eigenvalue weighted by molar-refractivity contribution is -0.161. The second-order valence-corrected chi connectivity index (χ2v) is 14.8. The van der Waals surface area contributed by atoms with Crippen LogP contribution in [0.4, 0.5) is 0 Å². The topological polar surface area (TPSA) is 20.2 Å². The highest BCUT2D eigenvalue weighted by Crippen LogP contribution is 2.89. The zero-order valence-corrected chi connectivity index (χ0v) is 22.2. The predicted molar refractivity (Wildman–Crippen MR) is 135 cm³/mol. The Morgan fingerprint density at radius 2 is 1.53 bits per heavy atom. The second-order valence-electron chi connectivity index (χ2n) is 14.8. The number of hydrogen-bond donors (Lipinski definition) is 1. The minimum Gasteiger partial charge on any atom is -0.393 e. The number of allylic oxidation sites excluding steroid dienone is 1. The van der Waals surface area contributed by atoms with Crippen molar-refractivity contribution in [2.24, 2.45) is 56.7 Å². The average molecular weight is 441 g/mol. The van der Waals surface area contributed by atoms with E-state index in [1.807, 2.05) is 0 Å². The van der Waals surface area contributed by atoms with Gasteiger partial charge in [-0.3, -0.25) is 0 Å². The van der Waals surface area contributed by atoms with Gasteiger partial charge in [-0.05, 0) is 121 Å². The van der Waals surface area contributed by atoms with Gasteiger partial charge in [-0.1, -0.05) is 60.5 Å². The molecule has 5 aliphatic carbocycles. The van der Waals surface area contributed by atoms with Crippen LogP contribution >= 0.6 is 0 Å².